The first-order valence-corrected chi connectivity index (χ1v) is 10.4. The first kappa shape index (κ1) is 17.8. The molecule has 0 heterocycles. The molecule has 0 bridgehead atoms. The molecule has 0 saturated carbocycles. The molecule has 2 aliphatic rings. The van der Waals surface area contributed by atoms with Crippen LogP contribution in [-0.4, -0.2) is 11.9 Å². The molecule has 4 aromatic rings. The van der Waals surface area contributed by atoms with E-state index in [2.05, 4.69) is 24.3 Å². The predicted molar refractivity (Wildman–Crippen MR) is 119 cm³/mol. The van der Waals surface area contributed by atoms with Gasteiger partial charge in [0, 0.05) is 0 Å². The summed E-state index contributed by atoms with van der Waals surface area (Å²) in [5, 5.41) is 0. The minimum atomic E-state index is -0.595. The van der Waals surface area contributed by atoms with Crippen LogP contribution in [0.2, 0.25) is 0 Å². The van der Waals surface area contributed by atoms with Crippen molar-refractivity contribution >= 4 is 11.9 Å². The van der Waals surface area contributed by atoms with Gasteiger partial charge in [-0.15, -0.1) is 0 Å². The Morgan fingerprint density at radius 2 is 0.935 bits per heavy atom. The Labute approximate surface area is 179 Å². The van der Waals surface area contributed by atoms with E-state index >= 15 is 0 Å². The number of ether oxygens (including phenoxy) is 1. The molecular formula is C28H18O3. The van der Waals surface area contributed by atoms with E-state index in [0.29, 0.717) is 24.0 Å². The van der Waals surface area contributed by atoms with Gasteiger partial charge in [0.1, 0.15) is 0 Å². The van der Waals surface area contributed by atoms with E-state index in [1.807, 2.05) is 48.5 Å². The number of carbonyl (C=O) groups excluding carboxylic acids is 2. The second-order valence-corrected chi connectivity index (χ2v) is 8.01. The van der Waals surface area contributed by atoms with Gasteiger partial charge in [-0.2, -0.15) is 0 Å². The lowest BCUT2D eigenvalue weighted by Crippen LogP contribution is -2.16. The molecule has 0 unspecified atom stereocenters. The highest BCUT2D eigenvalue weighted by Gasteiger charge is 2.28. The Morgan fingerprint density at radius 1 is 0.516 bits per heavy atom. The van der Waals surface area contributed by atoms with E-state index in [0.717, 1.165) is 33.4 Å². The van der Waals surface area contributed by atoms with Gasteiger partial charge in [-0.1, -0.05) is 72.8 Å². The fourth-order valence-electron chi connectivity index (χ4n) is 4.89. The predicted octanol–water partition coefficient (Wildman–Crippen LogP) is 5.83. The van der Waals surface area contributed by atoms with Crippen LogP contribution in [0.4, 0.5) is 0 Å². The molecule has 31 heavy (non-hydrogen) atoms. The first-order valence-electron chi connectivity index (χ1n) is 10.4. The lowest BCUT2D eigenvalue weighted by atomic mass is 10.0. The van der Waals surface area contributed by atoms with Crippen molar-refractivity contribution in [2.45, 2.75) is 12.8 Å². The number of hydrogen-bond donors (Lipinski definition) is 0. The van der Waals surface area contributed by atoms with Crippen molar-refractivity contribution in [1.82, 2.24) is 0 Å². The normalized spacial score (nSPS) is 12.5. The molecule has 0 saturated heterocycles. The Hall–Kier alpha value is -3.98. The molecule has 4 aromatic carbocycles. The molecule has 3 heteroatoms. The van der Waals surface area contributed by atoms with Crippen molar-refractivity contribution in [3.05, 3.63) is 118 Å². The topological polar surface area (TPSA) is 43.4 Å². The molecule has 6 rings (SSSR count). The van der Waals surface area contributed by atoms with Crippen molar-refractivity contribution < 1.29 is 14.3 Å². The van der Waals surface area contributed by atoms with Crippen molar-refractivity contribution in [3.63, 3.8) is 0 Å². The summed E-state index contributed by atoms with van der Waals surface area (Å²) in [5.41, 5.74) is 9.47. The molecule has 0 aromatic heterocycles. The lowest BCUT2D eigenvalue weighted by molar-refractivity contribution is 0.0396. The standard InChI is InChI=1S/C28H18O3/c29-27(23-13-5-11-21-19-9-3-1-7-17(19)15-25(21)23)31-28(30)24-14-6-12-22-20-10-4-2-8-18(20)16-26(22)24/h1-14H,15-16H2. The van der Waals surface area contributed by atoms with Gasteiger partial charge in [0.05, 0.1) is 11.1 Å². The van der Waals surface area contributed by atoms with Crippen molar-refractivity contribution in [2.24, 2.45) is 0 Å². The van der Waals surface area contributed by atoms with Crippen LogP contribution in [0.25, 0.3) is 22.3 Å². The van der Waals surface area contributed by atoms with Crippen LogP contribution < -0.4 is 0 Å². The fraction of sp³-hybridized carbons (Fsp3) is 0.0714. The summed E-state index contributed by atoms with van der Waals surface area (Å²) < 4.78 is 5.39. The Kier molecular flexibility index (Phi) is 3.90. The van der Waals surface area contributed by atoms with Crippen LogP contribution >= 0.6 is 0 Å². The molecule has 0 N–H and O–H groups in total. The summed E-state index contributed by atoms with van der Waals surface area (Å²) in [5.74, 6) is -1.19. The van der Waals surface area contributed by atoms with Gasteiger partial charge < -0.3 is 4.74 Å². The van der Waals surface area contributed by atoms with Gasteiger partial charge >= 0.3 is 11.9 Å². The summed E-state index contributed by atoms with van der Waals surface area (Å²) in [4.78, 5) is 26.0. The van der Waals surface area contributed by atoms with Gasteiger partial charge in [0.15, 0.2) is 0 Å². The number of carbonyl (C=O) groups is 2. The molecule has 148 valence electrons. The SMILES string of the molecule is O=C(OC(=O)c1cccc2c1Cc1ccccc1-2)c1cccc2c1Cc1ccccc1-2. The molecule has 0 aliphatic heterocycles. The quantitative estimate of drug-likeness (QED) is 0.270. The highest BCUT2D eigenvalue weighted by Crippen LogP contribution is 2.40. The zero-order chi connectivity index (χ0) is 20.9. The van der Waals surface area contributed by atoms with Crippen LogP contribution in [0.15, 0.2) is 84.9 Å². The van der Waals surface area contributed by atoms with Gasteiger partial charge in [-0.3, -0.25) is 0 Å². The van der Waals surface area contributed by atoms with Crippen LogP contribution in [0.3, 0.4) is 0 Å². The van der Waals surface area contributed by atoms with Crippen molar-refractivity contribution in [3.8, 4) is 22.3 Å². The molecule has 0 atom stereocenters. The molecule has 0 fully saturated rings. The molecule has 0 amide bonds. The second-order valence-electron chi connectivity index (χ2n) is 8.01. The van der Waals surface area contributed by atoms with Crippen LogP contribution in [0, 0.1) is 0 Å². The summed E-state index contributed by atoms with van der Waals surface area (Å²) in [7, 11) is 0. The molecular weight excluding hydrogens is 384 g/mol. The zero-order valence-electron chi connectivity index (χ0n) is 16.7. The number of esters is 2. The monoisotopic (exact) mass is 402 g/mol. The van der Waals surface area contributed by atoms with Gasteiger partial charge in [-0.25, -0.2) is 9.59 Å². The van der Waals surface area contributed by atoms with Gasteiger partial charge in [0.25, 0.3) is 0 Å². The van der Waals surface area contributed by atoms with E-state index in [4.69, 9.17) is 4.74 Å². The second kappa shape index (κ2) is 6.78. The van der Waals surface area contributed by atoms with Crippen LogP contribution in [0.5, 0.6) is 0 Å². The maximum absolute atomic E-state index is 13.0. The van der Waals surface area contributed by atoms with E-state index < -0.39 is 11.9 Å². The van der Waals surface area contributed by atoms with E-state index in [1.165, 1.54) is 11.1 Å². The Bertz CT molecular complexity index is 1290. The molecule has 3 nitrogen and oxygen atoms in total. The van der Waals surface area contributed by atoms with E-state index in [1.54, 1.807) is 12.1 Å². The summed E-state index contributed by atoms with van der Waals surface area (Å²) in [6.45, 7) is 0. The summed E-state index contributed by atoms with van der Waals surface area (Å²) in [6.07, 6.45) is 1.34. The van der Waals surface area contributed by atoms with Crippen LogP contribution in [-0.2, 0) is 17.6 Å². The number of hydrogen-bond acceptors (Lipinski definition) is 3. The molecule has 0 radical (unpaired) electrons. The third-order valence-electron chi connectivity index (χ3n) is 6.33. The van der Waals surface area contributed by atoms with E-state index in [9.17, 15) is 9.59 Å². The number of fused-ring (bicyclic) bond motifs is 6. The average molecular weight is 402 g/mol. The summed E-state index contributed by atoms with van der Waals surface area (Å²) in [6, 6.07) is 27.5. The maximum atomic E-state index is 13.0. The Balaban J connectivity index is 1.31. The average Bonchev–Trinajstić information content (AvgIpc) is 3.37. The third kappa shape index (κ3) is 2.74. The number of benzene rings is 4. The van der Waals surface area contributed by atoms with Crippen LogP contribution in [0.1, 0.15) is 43.0 Å². The van der Waals surface area contributed by atoms with E-state index in [-0.39, 0.29) is 0 Å². The minimum Gasteiger partial charge on any atom is -0.386 e. The fourth-order valence-corrected chi connectivity index (χ4v) is 4.89. The highest BCUT2D eigenvalue weighted by atomic mass is 16.6. The minimum absolute atomic E-state index is 0.456. The first-order chi connectivity index (χ1) is 15.2. The molecule has 0 spiro atoms. The van der Waals surface area contributed by atoms with Gasteiger partial charge in [0.2, 0.25) is 0 Å². The highest BCUT2D eigenvalue weighted by molar-refractivity contribution is 6.06. The largest absolute Gasteiger partial charge is 0.386 e. The number of rotatable bonds is 2. The lowest BCUT2D eigenvalue weighted by Gasteiger charge is -2.10. The van der Waals surface area contributed by atoms with Crippen molar-refractivity contribution in [2.75, 3.05) is 0 Å². The maximum Gasteiger partial charge on any atom is 0.346 e. The third-order valence-corrected chi connectivity index (χ3v) is 6.33. The summed E-state index contributed by atoms with van der Waals surface area (Å²) >= 11 is 0. The van der Waals surface area contributed by atoms with Gasteiger partial charge in [-0.05, 0) is 69.5 Å². The van der Waals surface area contributed by atoms with Crippen molar-refractivity contribution in [1.29, 1.82) is 0 Å². The Morgan fingerprint density at radius 3 is 1.42 bits per heavy atom. The zero-order valence-corrected chi connectivity index (χ0v) is 16.7. The smallest absolute Gasteiger partial charge is 0.346 e. The molecule has 2 aliphatic carbocycles.